The average Bonchev–Trinajstić information content (AvgIpc) is 3.27. The second kappa shape index (κ2) is 8.91. The van der Waals surface area contributed by atoms with E-state index in [0.717, 1.165) is 0 Å². The zero-order valence-electron chi connectivity index (χ0n) is 21.7. The van der Waals surface area contributed by atoms with Crippen LogP contribution in [0.25, 0.3) is 22.3 Å². The number of esters is 1. The molecule has 210 valence electrons. The Bertz CT molecular complexity index is 1830. The highest BCUT2D eigenvalue weighted by Crippen LogP contribution is 2.46. The Morgan fingerprint density at radius 2 is 2.02 bits per heavy atom. The minimum Gasteiger partial charge on any atom is -0.481 e. The highest BCUT2D eigenvalue weighted by molar-refractivity contribution is 7.89. The number of fused-ring (bicyclic) bond motifs is 5. The number of aromatic nitrogens is 2. The van der Waals surface area contributed by atoms with Crippen molar-refractivity contribution in [1.29, 1.82) is 0 Å². The molecule has 0 amide bonds. The fourth-order valence-corrected chi connectivity index (χ4v) is 7.40. The van der Waals surface area contributed by atoms with Gasteiger partial charge < -0.3 is 19.5 Å². The summed E-state index contributed by atoms with van der Waals surface area (Å²) < 4.78 is 49.9. The number of aliphatic hydroxyl groups is 1. The van der Waals surface area contributed by atoms with E-state index in [1.54, 1.807) is 19.9 Å². The van der Waals surface area contributed by atoms with Crippen LogP contribution in [-0.2, 0) is 49.5 Å². The van der Waals surface area contributed by atoms with Crippen LogP contribution in [0.5, 0.6) is 0 Å². The normalized spacial score (nSPS) is 21.1. The Hall–Kier alpha value is -3.68. The van der Waals surface area contributed by atoms with E-state index in [2.05, 4.69) is 4.72 Å². The maximum Gasteiger partial charge on any atom is 0.343 e. The van der Waals surface area contributed by atoms with Gasteiger partial charge in [-0.2, -0.15) is 0 Å². The van der Waals surface area contributed by atoms with Crippen molar-refractivity contribution < 1.29 is 37.3 Å². The number of benzene rings is 1. The van der Waals surface area contributed by atoms with Crippen molar-refractivity contribution in [1.82, 2.24) is 14.3 Å². The zero-order valence-corrected chi connectivity index (χ0v) is 22.5. The van der Waals surface area contributed by atoms with Gasteiger partial charge in [0.25, 0.3) is 5.56 Å². The summed E-state index contributed by atoms with van der Waals surface area (Å²) in [6.07, 6.45) is 0.0536. The van der Waals surface area contributed by atoms with Crippen molar-refractivity contribution in [3.8, 4) is 11.4 Å². The Morgan fingerprint density at radius 3 is 2.73 bits per heavy atom. The number of rotatable bonds is 6. The molecule has 11 nitrogen and oxygen atoms in total. The first-order chi connectivity index (χ1) is 18.9. The van der Waals surface area contributed by atoms with Gasteiger partial charge in [-0.1, -0.05) is 6.92 Å². The molecule has 1 aromatic carbocycles. The molecule has 0 bridgehead atoms. The molecule has 0 spiro atoms. The molecule has 1 aliphatic carbocycles. The van der Waals surface area contributed by atoms with E-state index in [1.807, 2.05) is 0 Å². The van der Waals surface area contributed by atoms with E-state index in [-0.39, 0.29) is 42.6 Å². The van der Waals surface area contributed by atoms with E-state index in [9.17, 15) is 32.3 Å². The van der Waals surface area contributed by atoms with Crippen LogP contribution >= 0.6 is 0 Å². The largest absolute Gasteiger partial charge is 0.481 e. The summed E-state index contributed by atoms with van der Waals surface area (Å²) in [5.41, 5.74) is 0.958. The number of nitrogens with one attached hydrogen (secondary N) is 1. The highest BCUT2D eigenvalue weighted by Gasteiger charge is 2.46. The summed E-state index contributed by atoms with van der Waals surface area (Å²) in [5.74, 6) is -3.18. The van der Waals surface area contributed by atoms with Gasteiger partial charge in [0, 0.05) is 28.6 Å². The van der Waals surface area contributed by atoms with E-state index >= 15 is 0 Å². The number of carboxylic acids is 1. The van der Waals surface area contributed by atoms with E-state index in [1.165, 1.54) is 10.6 Å². The summed E-state index contributed by atoms with van der Waals surface area (Å²) in [7, 11) is -4.01. The SMILES string of the molecule is CC[C@@]1(O)C(=O)OCc2c1cc1n(c2=O)Cc2c-1nc1cc(F)c(C)c3c1c2[C@@H](NS(=O)(=O)CCC(=O)O)CC3. The standard InChI is InChI=1S/C27H26FN3O8S/c1-3-27(36)16-8-20-24-14(10-31(20)25(34)15(16)11-39-26(27)35)23-18(30-40(37,38)7-6-21(32)33)5-4-13-12(2)17(28)9-19(29-24)22(13)23/h8-9,18,30,36H,3-7,10-11H2,1-2H3,(H,32,33)/t18-,27-/m0/s1. The van der Waals surface area contributed by atoms with Gasteiger partial charge in [0.05, 0.1) is 41.2 Å². The minimum absolute atomic E-state index is 0.0287. The molecule has 40 heavy (non-hydrogen) atoms. The number of carbonyl (C=O) groups is 2. The predicted molar refractivity (Wildman–Crippen MR) is 139 cm³/mol. The lowest BCUT2D eigenvalue weighted by molar-refractivity contribution is -0.172. The smallest absolute Gasteiger partial charge is 0.343 e. The Kier molecular flexibility index (Phi) is 5.91. The zero-order chi connectivity index (χ0) is 28.7. The van der Waals surface area contributed by atoms with Crippen LogP contribution in [0.15, 0.2) is 16.9 Å². The summed E-state index contributed by atoms with van der Waals surface area (Å²) in [6, 6.07) is 2.05. The number of aliphatic carboxylic acids is 1. The molecule has 0 unspecified atom stereocenters. The minimum atomic E-state index is -4.01. The van der Waals surface area contributed by atoms with Crippen molar-refractivity contribution in [2.75, 3.05) is 5.75 Å². The summed E-state index contributed by atoms with van der Waals surface area (Å²) >= 11 is 0. The molecule has 4 heterocycles. The van der Waals surface area contributed by atoms with Crippen LogP contribution in [0.3, 0.4) is 0 Å². The first-order valence-corrected chi connectivity index (χ1v) is 14.5. The molecule has 0 saturated heterocycles. The third kappa shape index (κ3) is 3.79. The number of hydrogen-bond acceptors (Lipinski definition) is 8. The molecule has 0 radical (unpaired) electrons. The van der Waals surface area contributed by atoms with Crippen LogP contribution in [0, 0.1) is 12.7 Å². The molecular weight excluding hydrogens is 545 g/mol. The molecule has 2 aromatic heterocycles. The number of sulfonamides is 1. The van der Waals surface area contributed by atoms with Gasteiger partial charge in [0.15, 0.2) is 5.60 Å². The van der Waals surface area contributed by atoms with Crippen LogP contribution in [0.2, 0.25) is 0 Å². The monoisotopic (exact) mass is 571 g/mol. The van der Waals surface area contributed by atoms with Crippen molar-refractivity contribution in [3.05, 3.63) is 61.7 Å². The topological polar surface area (TPSA) is 165 Å². The number of cyclic esters (lactones) is 1. The maximum absolute atomic E-state index is 15.0. The van der Waals surface area contributed by atoms with Crippen LogP contribution < -0.4 is 10.3 Å². The number of nitrogens with zero attached hydrogens (tertiary/aromatic N) is 2. The quantitative estimate of drug-likeness (QED) is 0.293. The Labute approximate surface area is 227 Å². The lowest BCUT2D eigenvalue weighted by Gasteiger charge is -2.31. The molecule has 3 aliphatic rings. The average molecular weight is 572 g/mol. The number of carboxylic acid groups (broad SMARTS) is 1. The van der Waals surface area contributed by atoms with E-state index in [4.69, 9.17) is 14.8 Å². The van der Waals surface area contributed by atoms with Crippen molar-refractivity contribution in [3.63, 3.8) is 0 Å². The lowest BCUT2D eigenvalue weighted by atomic mass is 9.82. The van der Waals surface area contributed by atoms with Crippen LogP contribution in [-0.4, -0.2) is 45.9 Å². The van der Waals surface area contributed by atoms with Gasteiger partial charge in [-0.25, -0.2) is 27.3 Å². The van der Waals surface area contributed by atoms with Crippen molar-refractivity contribution in [2.24, 2.45) is 0 Å². The molecule has 0 saturated carbocycles. The molecule has 6 rings (SSSR count). The van der Waals surface area contributed by atoms with Gasteiger partial charge >= 0.3 is 11.9 Å². The fourth-order valence-electron chi connectivity index (χ4n) is 6.17. The van der Waals surface area contributed by atoms with Gasteiger partial charge in [-0.15, -0.1) is 0 Å². The van der Waals surface area contributed by atoms with Crippen LogP contribution in [0.4, 0.5) is 4.39 Å². The van der Waals surface area contributed by atoms with Crippen molar-refractivity contribution in [2.45, 2.75) is 64.3 Å². The number of carbonyl (C=O) groups excluding carboxylic acids is 1. The summed E-state index contributed by atoms with van der Waals surface area (Å²) in [4.78, 5) is 41.9. The summed E-state index contributed by atoms with van der Waals surface area (Å²) in [5, 5.41) is 20.7. The number of hydrogen-bond donors (Lipinski definition) is 3. The second-order valence-electron chi connectivity index (χ2n) is 10.5. The molecule has 3 aromatic rings. The number of aryl methyl sites for hydroxylation is 1. The van der Waals surface area contributed by atoms with Crippen LogP contribution in [0.1, 0.15) is 65.6 Å². The maximum atomic E-state index is 15.0. The molecule has 3 N–H and O–H groups in total. The third-order valence-corrected chi connectivity index (χ3v) is 9.67. The predicted octanol–water partition coefficient (Wildman–Crippen LogP) is 1.91. The van der Waals surface area contributed by atoms with Gasteiger partial charge in [0.2, 0.25) is 10.0 Å². The number of ether oxygens (including phenoxy) is 1. The highest BCUT2D eigenvalue weighted by atomic mass is 32.2. The third-order valence-electron chi connectivity index (χ3n) is 8.28. The first-order valence-electron chi connectivity index (χ1n) is 12.9. The van der Waals surface area contributed by atoms with Gasteiger partial charge in [-0.3, -0.25) is 9.59 Å². The molecular formula is C27H26FN3O8S. The van der Waals surface area contributed by atoms with E-state index < -0.39 is 57.2 Å². The first kappa shape index (κ1) is 26.5. The van der Waals surface area contributed by atoms with Gasteiger partial charge in [0.1, 0.15) is 12.4 Å². The molecule has 13 heteroatoms. The van der Waals surface area contributed by atoms with Crippen molar-refractivity contribution >= 4 is 32.9 Å². The molecule has 2 atom stereocenters. The summed E-state index contributed by atoms with van der Waals surface area (Å²) in [6.45, 7) is 2.98. The molecule has 2 aliphatic heterocycles. The fraction of sp³-hybridized carbons (Fsp3) is 0.407. The van der Waals surface area contributed by atoms with E-state index in [0.29, 0.717) is 45.4 Å². The lowest BCUT2D eigenvalue weighted by Crippen LogP contribution is -2.44. The number of halogens is 1. The van der Waals surface area contributed by atoms with Gasteiger partial charge in [-0.05, 0) is 48.9 Å². The Balaban J connectivity index is 1.60. The second-order valence-corrected chi connectivity index (χ2v) is 12.4. The number of pyridine rings is 2. The Morgan fingerprint density at radius 1 is 1.27 bits per heavy atom. The molecule has 0 fully saturated rings.